The summed E-state index contributed by atoms with van der Waals surface area (Å²) in [5.74, 6) is 0.869. The first-order chi connectivity index (χ1) is 12.2. The quantitative estimate of drug-likeness (QED) is 0.591. The van der Waals surface area contributed by atoms with E-state index in [-0.39, 0.29) is 5.75 Å². The lowest BCUT2D eigenvalue weighted by atomic mass is 10.0. The molecular weight excluding hydrogens is 310 g/mol. The van der Waals surface area contributed by atoms with Crippen molar-refractivity contribution in [2.45, 2.75) is 0 Å². The van der Waals surface area contributed by atoms with Gasteiger partial charge in [-0.15, -0.1) is 0 Å². The zero-order valence-corrected chi connectivity index (χ0v) is 13.6. The van der Waals surface area contributed by atoms with Gasteiger partial charge in [-0.1, -0.05) is 42.5 Å². The Hall–Kier alpha value is -3.58. The first kappa shape index (κ1) is 15.0. The molecule has 3 aromatic carbocycles. The highest BCUT2D eigenvalue weighted by Gasteiger charge is 2.16. The van der Waals surface area contributed by atoms with E-state index < -0.39 is 0 Å². The molecule has 0 aliphatic carbocycles. The Balaban J connectivity index is 1.93. The van der Waals surface area contributed by atoms with Gasteiger partial charge < -0.3 is 9.67 Å². The highest BCUT2D eigenvalue weighted by Crippen LogP contribution is 2.38. The zero-order chi connectivity index (χ0) is 17.4. The Kier molecular flexibility index (Phi) is 3.48. The second-order valence-electron chi connectivity index (χ2n) is 5.88. The van der Waals surface area contributed by atoms with Crippen LogP contribution in [-0.2, 0) is 7.05 Å². The lowest BCUT2D eigenvalue weighted by Gasteiger charge is -2.10. The monoisotopic (exact) mass is 325 g/mol. The van der Waals surface area contributed by atoms with Crippen LogP contribution < -0.4 is 0 Å². The molecule has 0 saturated carbocycles. The second kappa shape index (κ2) is 5.81. The summed E-state index contributed by atoms with van der Waals surface area (Å²) >= 11 is 0. The van der Waals surface area contributed by atoms with Crippen molar-refractivity contribution in [3.05, 3.63) is 72.3 Å². The number of nitrogens with zero attached hydrogens (tertiary/aromatic N) is 3. The van der Waals surface area contributed by atoms with E-state index in [2.05, 4.69) is 11.1 Å². The second-order valence-corrected chi connectivity index (χ2v) is 5.88. The Morgan fingerprint density at radius 3 is 2.48 bits per heavy atom. The largest absolute Gasteiger partial charge is 0.507 e. The van der Waals surface area contributed by atoms with E-state index in [1.165, 1.54) is 0 Å². The fourth-order valence-corrected chi connectivity index (χ4v) is 3.07. The van der Waals surface area contributed by atoms with E-state index in [4.69, 9.17) is 5.26 Å². The molecule has 0 aliphatic rings. The summed E-state index contributed by atoms with van der Waals surface area (Å²) in [6.07, 6.45) is 0. The van der Waals surface area contributed by atoms with E-state index in [1.54, 1.807) is 6.07 Å². The lowest BCUT2D eigenvalue weighted by Crippen LogP contribution is -1.94. The molecule has 1 heterocycles. The first-order valence-corrected chi connectivity index (χ1v) is 7.93. The molecular formula is C21H15N3O. The number of fused-ring (bicyclic) bond motifs is 1. The van der Waals surface area contributed by atoms with Gasteiger partial charge in [0.15, 0.2) is 0 Å². The molecule has 0 amide bonds. The van der Waals surface area contributed by atoms with Crippen LogP contribution in [-0.4, -0.2) is 14.7 Å². The van der Waals surface area contributed by atoms with Gasteiger partial charge in [0.2, 0.25) is 0 Å². The topological polar surface area (TPSA) is 61.8 Å². The first-order valence-electron chi connectivity index (χ1n) is 7.93. The van der Waals surface area contributed by atoms with Gasteiger partial charge in [-0.2, -0.15) is 5.26 Å². The van der Waals surface area contributed by atoms with E-state index in [0.29, 0.717) is 17.0 Å². The van der Waals surface area contributed by atoms with Crippen LogP contribution in [0.1, 0.15) is 5.56 Å². The summed E-state index contributed by atoms with van der Waals surface area (Å²) in [5.41, 5.74) is 4.62. The van der Waals surface area contributed by atoms with Crippen molar-refractivity contribution in [1.29, 1.82) is 5.26 Å². The number of hydrogen-bond acceptors (Lipinski definition) is 3. The average Bonchev–Trinajstić information content (AvgIpc) is 2.98. The van der Waals surface area contributed by atoms with Crippen LogP contribution in [0.5, 0.6) is 5.75 Å². The molecule has 1 aromatic heterocycles. The molecule has 4 heteroatoms. The molecule has 4 aromatic rings. The number of benzene rings is 3. The highest BCUT2D eigenvalue weighted by atomic mass is 16.3. The molecule has 0 bridgehead atoms. The summed E-state index contributed by atoms with van der Waals surface area (Å²) < 4.78 is 1.90. The maximum atomic E-state index is 10.8. The van der Waals surface area contributed by atoms with Crippen molar-refractivity contribution >= 4 is 11.0 Å². The Bertz CT molecular complexity index is 1120. The summed E-state index contributed by atoms with van der Waals surface area (Å²) in [5, 5.41) is 19.9. The lowest BCUT2D eigenvalue weighted by molar-refractivity contribution is 0.478. The molecule has 0 unspecified atom stereocenters. The van der Waals surface area contributed by atoms with E-state index in [1.807, 2.05) is 72.3 Å². The van der Waals surface area contributed by atoms with Gasteiger partial charge >= 0.3 is 0 Å². The number of nitriles is 1. The molecule has 0 aliphatic heterocycles. The van der Waals surface area contributed by atoms with Crippen molar-refractivity contribution in [3.63, 3.8) is 0 Å². The third-order valence-electron chi connectivity index (χ3n) is 4.37. The minimum absolute atomic E-state index is 0.201. The molecule has 0 fully saturated rings. The van der Waals surface area contributed by atoms with Crippen molar-refractivity contribution in [2.24, 2.45) is 7.05 Å². The predicted molar refractivity (Wildman–Crippen MR) is 98.0 cm³/mol. The number of hydrogen-bond donors (Lipinski definition) is 1. The molecule has 4 nitrogen and oxygen atoms in total. The summed E-state index contributed by atoms with van der Waals surface area (Å²) in [6, 6.07) is 23.0. The van der Waals surface area contributed by atoms with Gasteiger partial charge in [0.05, 0.1) is 28.2 Å². The van der Waals surface area contributed by atoms with Gasteiger partial charge in [-0.3, -0.25) is 0 Å². The van der Waals surface area contributed by atoms with E-state index in [9.17, 15) is 5.11 Å². The molecule has 0 radical (unpaired) electrons. The minimum atomic E-state index is 0.201. The number of phenolic OH excluding ortho intramolecular Hbond substituents is 1. The fourth-order valence-electron chi connectivity index (χ4n) is 3.07. The number of imidazole rings is 1. The van der Waals surface area contributed by atoms with Gasteiger partial charge in [-0.25, -0.2) is 4.98 Å². The van der Waals surface area contributed by atoms with Crippen molar-refractivity contribution in [3.8, 4) is 34.3 Å². The van der Waals surface area contributed by atoms with Crippen molar-refractivity contribution in [1.82, 2.24) is 9.55 Å². The number of aromatic hydroxyl groups is 1. The van der Waals surface area contributed by atoms with Gasteiger partial charge in [0.1, 0.15) is 11.6 Å². The van der Waals surface area contributed by atoms with Gasteiger partial charge in [0.25, 0.3) is 0 Å². The van der Waals surface area contributed by atoms with Gasteiger partial charge in [-0.05, 0) is 29.8 Å². The summed E-state index contributed by atoms with van der Waals surface area (Å²) in [7, 11) is 1.89. The summed E-state index contributed by atoms with van der Waals surface area (Å²) in [4.78, 5) is 4.65. The van der Waals surface area contributed by atoms with Crippen LogP contribution in [0.3, 0.4) is 0 Å². The van der Waals surface area contributed by atoms with Crippen LogP contribution in [0.2, 0.25) is 0 Å². The molecule has 0 saturated heterocycles. The van der Waals surface area contributed by atoms with Crippen molar-refractivity contribution < 1.29 is 5.11 Å². The maximum absolute atomic E-state index is 10.8. The number of phenols is 1. The normalized spacial score (nSPS) is 10.7. The minimum Gasteiger partial charge on any atom is -0.507 e. The molecule has 0 spiro atoms. The highest BCUT2D eigenvalue weighted by molar-refractivity contribution is 5.86. The molecule has 0 atom stereocenters. The van der Waals surface area contributed by atoms with Crippen molar-refractivity contribution in [2.75, 3.05) is 0 Å². The Morgan fingerprint density at radius 2 is 1.72 bits per heavy atom. The number of rotatable bonds is 2. The SMILES string of the molecule is Cn1c(-c2cccc(-c3ccccc3)c2O)nc2ccc(C#N)cc21. The zero-order valence-electron chi connectivity index (χ0n) is 13.6. The Labute approximate surface area is 145 Å². The third kappa shape index (κ3) is 2.43. The predicted octanol–water partition coefficient (Wildman–Crippen LogP) is 4.48. The van der Waals surface area contributed by atoms with Crippen LogP contribution in [0.25, 0.3) is 33.5 Å². The molecule has 1 N–H and O–H groups in total. The smallest absolute Gasteiger partial charge is 0.144 e. The van der Waals surface area contributed by atoms with E-state index >= 15 is 0 Å². The van der Waals surface area contributed by atoms with Crippen LogP contribution >= 0.6 is 0 Å². The number of aromatic nitrogens is 2. The maximum Gasteiger partial charge on any atom is 0.144 e. The fraction of sp³-hybridized carbons (Fsp3) is 0.0476. The molecule has 25 heavy (non-hydrogen) atoms. The third-order valence-corrected chi connectivity index (χ3v) is 4.37. The van der Waals surface area contributed by atoms with Gasteiger partial charge in [0, 0.05) is 12.6 Å². The summed E-state index contributed by atoms with van der Waals surface area (Å²) in [6.45, 7) is 0. The van der Waals surface area contributed by atoms with Crippen LogP contribution in [0, 0.1) is 11.3 Å². The molecule has 4 rings (SSSR count). The standard InChI is InChI=1S/C21H15N3O/c1-24-19-12-14(13-22)10-11-18(19)23-21(24)17-9-5-8-16(20(17)25)15-6-3-2-4-7-15/h2-12,25H,1H3. The van der Waals surface area contributed by atoms with Crippen LogP contribution in [0.4, 0.5) is 0 Å². The number of para-hydroxylation sites is 1. The van der Waals surface area contributed by atoms with Crippen LogP contribution in [0.15, 0.2) is 66.7 Å². The van der Waals surface area contributed by atoms with E-state index in [0.717, 1.165) is 22.2 Å². The molecule has 120 valence electrons. The Morgan fingerprint density at radius 1 is 0.960 bits per heavy atom. The average molecular weight is 325 g/mol. The number of aryl methyl sites for hydroxylation is 1.